The molecule has 25 heavy (non-hydrogen) atoms. The van der Waals surface area contributed by atoms with Crippen LogP contribution in [-0.2, 0) is 4.74 Å². The second kappa shape index (κ2) is 6.78. The highest BCUT2D eigenvalue weighted by Crippen LogP contribution is 2.28. The minimum Gasteiger partial charge on any atom is -0.451 e. The summed E-state index contributed by atoms with van der Waals surface area (Å²) in [5.41, 5.74) is 0.872. The van der Waals surface area contributed by atoms with Gasteiger partial charge in [-0.1, -0.05) is 23.2 Å². The molecule has 8 heteroatoms. The minimum atomic E-state index is -0.737. The predicted octanol–water partition coefficient (Wildman–Crippen LogP) is 4.83. The molecule has 0 saturated carbocycles. The molecule has 0 aliphatic carbocycles. The maximum Gasteiger partial charge on any atom is 0.340 e. The van der Waals surface area contributed by atoms with E-state index in [1.54, 1.807) is 13.0 Å². The second-order valence-electron chi connectivity index (χ2n) is 5.59. The second-order valence-corrected chi connectivity index (χ2v) is 7.63. The smallest absolute Gasteiger partial charge is 0.340 e. The van der Waals surface area contributed by atoms with E-state index >= 15 is 0 Å². The van der Waals surface area contributed by atoms with E-state index < -0.39 is 12.1 Å². The van der Waals surface area contributed by atoms with Gasteiger partial charge < -0.3 is 9.72 Å². The molecule has 0 bridgehead atoms. The SMILES string of the molecule is Cc1sc2nc([C@H](C)OC(=O)c3ccc(Cl)cc3Cl)[nH]c(=O)c2c1C. The number of benzene rings is 1. The molecular weight excluding hydrogens is 383 g/mol. The molecule has 0 fully saturated rings. The van der Waals surface area contributed by atoms with Crippen molar-refractivity contribution in [1.82, 2.24) is 9.97 Å². The zero-order chi connectivity index (χ0) is 18.3. The van der Waals surface area contributed by atoms with Gasteiger partial charge in [0, 0.05) is 9.90 Å². The van der Waals surface area contributed by atoms with Crippen LogP contribution in [0.3, 0.4) is 0 Å². The van der Waals surface area contributed by atoms with E-state index in [2.05, 4.69) is 9.97 Å². The van der Waals surface area contributed by atoms with Gasteiger partial charge in [-0.05, 0) is 44.5 Å². The Hall–Kier alpha value is -1.89. The predicted molar refractivity (Wildman–Crippen MR) is 100 cm³/mol. The van der Waals surface area contributed by atoms with Crippen molar-refractivity contribution in [2.24, 2.45) is 0 Å². The molecular formula is C17H14Cl2N2O3S. The van der Waals surface area contributed by atoms with Crippen LogP contribution in [0.25, 0.3) is 10.2 Å². The molecule has 2 aromatic heterocycles. The Bertz CT molecular complexity index is 1040. The first-order valence-corrected chi connectivity index (χ1v) is 9.01. The highest BCUT2D eigenvalue weighted by atomic mass is 35.5. The number of aryl methyl sites for hydroxylation is 2. The molecule has 2 heterocycles. The lowest BCUT2D eigenvalue weighted by atomic mass is 10.2. The third-order valence-electron chi connectivity index (χ3n) is 3.88. The monoisotopic (exact) mass is 396 g/mol. The van der Waals surface area contributed by atoms with Crippen molar-refractivity contribution in [3.05, 3.63) is 60.4 Å². The van der Waals surface area contributed by atoms with Gasteiger partial charge in [-0.3, -0.25) is 4.79 Å². The van der Waals surface area contributed by atoms with Gasteiger partial charge in [0.15, 0.2) is 11.9 Å². The number of aromatic nitrogens is 2. The van der Waals surface area contributed by atoms with Crippen LogP contribution in [0.4, 0.5) is 0 Å². The molecule has 0 spiro atoms. The van der Waals surface area contributed by atoms with E-state index in [9.17, 15) is 9.59 Å². The summed E-state index contributed by atoms with van der Waals surface area (Å²) in [5, 5.41) is 1.20. The fourth-order valence-corrected chi connectivity index (χ4v) is 3.92. The van der Waals surface area contributed by atoms with Crippen molar-refractivity contribution in [1.29, 1.82) is 0 Å². The number of carbonyl (C=O) groups is 1. The van der Waals surface area contributed by atoms with Crippen LogP contribution in [0.5, 0.6) is 0 Å². The lowest BCUT2D eigenvalue weighted by molar-refractivity contribution is 0.0320. The topological polar surface area (TPSA) is 72.0 Å². The number of ether oxygens (including phenoxy) is 1. The minimum absolute atomic E-state index is 0.198. The Labute approximate surface area is 157 Å². The summed E-state index contributed by atoms with van der Waals surface area (Å²) in [6.45, 7) is 5.46. The van der Waals surface area contributed by atoms with E-state index in [-0.39, 0.29) is 22.0 Å². The Morgan fingerprint density at radius 3 is 2.72 bits per heavy atom. The number of thiophene rings is 1. The summed E-state index contributed by atoms with van der Waals surface area (Å²) in [7, 11) is 0. The Balaban J connectivity index is 1.90. The van der Waals surface area contributed by atoms with Crippen molar-refractivity contribution < 1.29 is 9.53 Å². The van der Waals surface area contributed by atoms with Crippen LogP contribution in [0.1, 0.15) is 39.7 Å². The number of nitrogens with zero attached hydrogens (tertiary/aromatic N) is 1. The highest BCUT2D eigenvalue weighted by molar-refractivity contribution is 7.18. The summed E-state index contributed by atoms with van der Waals surface area (Å²) in [4.78, 5) is 33.4. The summed E-state index contributed by atoms with van der Waals surface area (Å²) >= 11 is 13.3. The number of aromatic amines is 1. The van der Waals surface area contributed by atoms with Crippen LogP contribution in [-0.4, -0.2) is 15.9 Å². The maximum atomic E-state index is 12.3. The van der Waals surface area contributed by atoms with E-state index in [1.165, 1.54) is 23.5 Å². The molecule has 0 unspecified atom stereocenters. The summed E-state index contributed by atoms with van der Waals surface area (Å²) in [5.74, 6) is -0.326. The molecule has 5 nitrogen and oxygen atoms in total. The molecule has 0 amide bonds. The van der Waals surface area contributed by atoms with Crippen molar-refractivity contribution in [2.45, 2.75) is 26.9 Å². The average Bonchev–Trinajstić information content (AvgIpc) is 2.82. The van der Waals surface area contributed by atoms with E-state index in [0.29, 0.717) is 15.2 Å². The number of carbonyl (C=O) groups excluding carboxylic acids is 1. The normalized spacial score (nSPS) is 12.4. The Kier molecular flexibility index (Phi) is 4.86. The fourth-order valence-electron chi connectivity index (χ4n) is 2.40. The van der Waals surface area contributed by atoms with Crippen molar-refractivity contribution in [3.8, 4) is 0 Å². The van der Waals surface area contributed by atoms with Gasteiger partial charge >= 0.3 is 5.97 Å². The first-order valence-electron chi connectivity index (χ1n) is 7.44. The van der Waals surface area contributed by atoms with Crippen molar-refractivity contribution in [2.75, 3.05) is 0 Å². The molecule has 1 atom stereocenters. The average molecular weight is 397 g/mol. The highest BCUT2D eigenvalue weighted by Gasteiger charge is 2.20. The lowest BCUT2D eigenvalue weighted by Gasteiger charge is -2.13. The number of fused-ring (bicyclic) bond motifs is 1. The number of esters is 1. The van der Waals surface area contributed by atoms with Gasteiger partial charge in [0.25, 0.3) is 5.56 Å². The lowest BCUT2D eigenvalue weighted by Crippen LogP contribution is -2.17. The molecule has 3 rings (SSSR count). The number of halogens is 2. The van der Waals surface area contributed by atoms with Gasteiger partial charge in [0.1, 0.15) is 4.83 Å². The summed E-state index contributed by atoms with van der Waals surface area (Å²) < 4.78 is 5.39. The van der Waals surface area contributed by atoms with Crippen LogP contribution >= 0.6 is 34.5 Å². The van der Waals surface area contributed by atoms with Crippen LogP contribution < -0.4 is 5.56 Å². The number of hydrogen-bond acceptors (Lipinski definition) is 5. The summed E-state index contributed by atoms with van der Waals surface area (Å²) in [6, 6.07) is 4.51. The molecule has 0 aliphatic heterocycles. The number of hydrogen-bond donors (Lipinski definition) is 1. The number of H-pyrrole nitrogens is 1. The van der Waals surface area contributed by atoms with Crippen LogP contribution in [0, 0.1) is 13.8 Å². The van der Waals surface area contributed by atoms with Crippen molar-refractivity contribution in [3.63, 3.8) is 0 Å². The standard InChI is InChI=1S/C17H14Cl2N2O3S/c1-7-9(3)25-16-13(7)15(22)20-14(21-16)8(2)24-17(23)11-5-4-10(18)6-12(11)19/h4-6,8H,1-3H3,(H,20,21,22)/t8-/m0/s1. The number of nitrogens with one attached hydrogen (secondary N) is 1. The van der Waals surface area contributed by atoms with Crippen molar-refractivity contribution >= 4 is 50.7 Å². The number of rotatable bonds is 3. The molecule has 1 N–H and O–H groups in total. The molecule has 0 saturated heterocycles. The van der Waals surface area contributed by atoms with Crippen LogP contribution in [0.2, 0.25) is 10.0 Å². The van der Waals surface area contributed by atoms with Gasteiger partial charge in [-0.25, -0.2) is 9.78 Å². The largest absolute Gasteiger partial charge is 0.451 e. The first kappa shape index (κ1) is 17.9. The van der Waals surface area contributed by atoms with Crippen LogP contribution in [0.15, 0.2) is 23.0 Å². The fraction of sp³-hybridized carbons (Fsp3) is 0.235. The van der Waals surface area contributed by atoms with E-state index in [4.69, 9.17) is 27.9 Å². The van der Waals surface area contributed by atoms with Gasteiger partial charge in [0.2, 0.25) is 0 Å². The Morgan fingerprint density at radius 1 is 1.32 bits per heavy atom. The van der Waals surface area contributed by atoms with E-state index in [0.717, 1.165) is 10.4 Å². The zero-order valence-electron chi connectivity index (χ0n) is 13.6. The first-order chi connectivity index (χ1) is 11.8. The molecule has 1 aromatic carbocycles. The zero-order valence-corrected chi connectivity index (χ0v) is 16.0. The third-order valence-corrected chi connectivity index (χ3v) is 5.53. The quantitative estimate of drug-likeness (QED) is 0.643. The van der Waals surface area contributed by atoms with Gasteiger partial charge in [-0.2, -0.15) is 0 Å². The third kappa shape index (κ3) is 3.42. The molecule has 3 aromatic rings. The maximum absolute atomic E-state index is 12.3. The summed E-state index contributed by atoms with van der Waals surface area (Å²) in [6.07, 6.45) is -0.737. The van der Waals surface area contributed by atoms with E-state index in [1.807, 2.05) is 13.8 Å². The molecule has 0 aliphatic rings. The molecule has 130 valence electrons. The Morgan fingerprint density at radius 2 is 2.04 bits per heavy atom. The van der Waals surface area contributed by atoms with Gasteiger partial charge in [-0.15, -0.1) is 11.3 Å². The van der Waals surface area contributed by atoms with Gasteiger partial charge in [0.05, 0.1) is 16.0 Å². The molecule has 0 radical (unpaired) electrons.